The summed E-state index contributed by atoms with van der Waals surface area (Å²) in [4.78, 5) is 58.8. The molecule has 3 amide bonds. The normalized spacial score (nSPS) is 14.6. The van der Waals surface area contributed by atoms with Gasteiger partial charge in [-0.3, -0.25) is 19.2 Å². The Bertz CT molecular complexity index is 629. The number of aliphatic carboxylic acids is 2. The van der Waals surface area contributed by atoms with Crippen LogP contribution in [-0.4, -0.2) is 71.1 Å². The van der Waals surface area contributed by atoms with Gasteiger partial charge in [0, 0.05) is 6.42 Å². The number of nitrogens with one attached hydrogen (secondary N) is 3. The minimum atomic E-state index is -1.21. The Morgan fingerprint density at radius 2 is 1.58 bits per heavy atom. The van der Waals surface area contributed by atoms with Gasteiger partial charge in [0.1, 0.15) is 12.1 Å². The summed E-state index contributed by atoms with van der Waals surface area (Å²) in [7, 11) is 0. The number of carboxylic acids is 2. The first-order valence-corrected chi connectivity index (χ1v) is 10.3. The predicted molar refractivity (Wildman–Crippen MR) is 112 cm³/mol. The lowest BCUT2D eigenvalue weighted by molar-refractivity contribution is -0.142. The molecule has 0 saturated carbocycles. The van der Waals surface area contributed by atoms with Gasteiger partial charge in [-0.15, -0.1) is 0 Å². The van der Waals surface area contributed by atoms with E-state index in [-0.39, 0.29) is 25.2 Å². The molecule has 0 aromatic carbocycles. The fraction of sp³-hybridized carbons (Fsp3) is 0.737. The number of nitrogens with two attached hydrogens (primary N) is 2. The van der Waals surface area contributed by atoms with E-state index in [1.807, 2.05) is 6.92 Å². The summed E-state index contributed by atoms with van der Waals surface area (Å²) in [6.45, 7) is 3.50. The Morgan fingerprint density at radius 1 is 0.935 bits per heavy atom. The number of hydrogen-bond acceptors (Lipinski definition) is 7. The van der Waals surface area contributed by atoms with Crippen molar-refractivity contribution >= 4 is 29.7 Å². The standard InChI is InChI=1S/C19H35N5O7/c1-3-11(2)16(21)18(29)24-12(7-8-15(26)27)17(28)22-10-14(25)23-13(19(30)31)6-4-5-9-20/h11-13,16H,3-10,20-21H2,1-2H3,(H,22,28)(H,23,25)(H,24,29)(H,26,27)(H,30,31). The smallest absolute Gasteiger partial charge is 0.326 e. The quantitative estimate of drug-likeness (QED) is 0.138. The molecule has 0 heterocycles. The minimum absolute atomic E-state index is 0.152. The average Bonchev–Trinajstić information content (AvgIpc) is 2.72. The van der Waals surface area contributed by atoms with Crippen LogP contribution in [0.4, 0.5) is 0 Å². The van der Waals surface area contributed by atoms with E-state index in [2.05, 4.69) is 16.0 Å². The summed E-state index contributed by atoms with van der Waals surface area (Å²) in [6, 6.07) is -3.20. The van der Waals surface area contributed by atoms with E-state index in [1.54, 1.807) is 6.92 Å². The molecule has 4 unspecified atom stereocenters. The summed E-state index contributed by atoms with van der Waals surface area (Å²) in [6.07, 6.45) is 1.37. The molecule has 0 aromatic rings. The van der Waals surface area contributed by atoms with Crippen molar-refractivity contribution in [3.8, 4) is 0 Å². The number of hydrogen-bond donors (Lipinski definition) is 7. The van der Waals surface area contributed by atoms with Crippen LogP contribution in [0.1, 0.15) is 52.4 Å². The molecular formula is C19H35N5O7. The fourth-order valence-electron chi connectivity index (χ4n) is 2.60. The van der Waals surface area contributed by atoms with Crippen molar-refractivity contribution in [2.75, 3.05) is 13.1 Å². The molecule has 0 radical (unpaired) electrons. The van der Waals surface area contributed by atoms with Crippen LogP contribution in [0.15, 0.2) is 0 Å². The second kappa shape index (κ2) is 15.1. The Labute approximate surface area is 181 Å². The molecule has 12 heteroatoms. The molecule has 0 spiro atoms. The van der Waals surface area contributed by atoms with Gasteiger partial charge in [-0.1, -0.05) is 20.3 Å². The molecular weight excluding hydrogens is 410 g/mol. The third-order valence-electron chi connectivity index (χ3n) is 4.84. The third kappa shape index (κ3) is 11.9. The molecule has 0 fully saturated rings. The maximum atomic E-state index is 12.4. The van der Waals surface area contributed by atoms with Crippen molar-refractivity contribution in [3.05, 3.63) is 0 Å². The highest BCUT2D eigenvalue weighted by molar-refractivity contribution is 5.92. The van der Waals surface area contributed by atoms with Gasteiger partial charge in [0.25, 0.3) is 0 Å². The Kier molecular flexibility index (Phi) is 13.8. The highest BCUT2D eigenvalue weighted by atomic mass is 16.4. The zero-order chi connectivity index (χ0) is 24.0. The van der Waals surface area contributed by atoms with Gasteiger partial charge < -0.3 is 37.6 Å². The van der Waals surface area contributed by atoms with Gasteiger partial charge in [-0.2, -0.15) is 0 Å². The molecule has 0 aliphatic heterocycles. The largest absolute Gasteiger partial charge is 0.481 e. The van der Waals surface area contributed by atoms with Crippen molar-refractivity contribution in [2.24, 2.45) is 17.4 Å². The molecule has 0 bridgehead atoms. The van der Waals surface area contributed by atoms with Crippen molar-refractivity contribution < 1.29 is 34.2 Å². The van der Waals surface area contributed by atoms with Crippen LogP contribution < -0.4 is 27.4 Å². The summed E-state index contributed by atoms with van der Waals surface area (Å²) >= 11 is 0. The molecule has 9 N–H and O–H groups in total. The topological polar surface area (TPSA) is 214 Å². The first kappa shape index (κ1) is 28.3. The number of carboxylic acid groups (broad SMARTS) is 2. The summed E-state index contributed by atoms with van der Waals surface area (Å²) < 4.78 is 0. The van der Waals surface area contributed by atoms with E-state index in [1.165, 1.54) is 0 Å². The van der Waals surface area contributed by atoms with Crippen LogP contribution in [-0.2, 0) is 24.0 Å². The van der Waals surface area contributed by atoms with E-state index < -0.39 is 54.3 Å². The third-order valence-corrected chi connectivity index (χ3v) is 4.84. The molecule has 0 aliphatic rings. The fourth-order valence-corrected chi connectivity index (χ4v) is 2.60. The zero-order valence-corrected chi connectivity index (χ0v) is 18.1. The Morgan fingerprint density at radius 3 is 2.10 bits per heavy atom. The van der Waals surface area contributed by atoms with Crippen LogP contribution in [0, 0.1) is 5.92 Å². The highest BCUT2D eigenvalue weighted by Crippen LogP contribution is 2.07. The molecule has 0 rings (SSSR count). The lowest BCUT2D eigenvalue weighted by atomic mass is 9.98. The summed E-state index contributed by atoms with van der Waals surface area (Å²) in [5.41, 5.74) is 11.2. The van der Waals surface area contributed by atoms with Gasteiger partial charge in [0.2, 0.25) is 17.7 Å². The Hall–Kier alpha value is -2.73. The molecule has 31 heavy (non-hydrogen) atoms. The molecule has 12 nitrogen and oxygen atoms in total. The lowest BCUT2D eigenvalue weighted by Crippen LogP contribution is -2.54. The van der Waals surface area contributed by atoms with Crippen LogP contribution in [0.2, 0.25) is 0 Å². The SMILES string of the molecule is CCC(C)C(N)C(=O)NC(CCC(=O)O)C(=O)NCC(=O)NC(CCCCN)C(=O)O. The number of amides is 3. The zero-order valence-electron chi connectivity index (χ0n) is 18.1. The van der Waals surface area contributed by atoms with Crippen molar-refractivity contribution in [1.82, 2.24) is 16.0 Å². The van der Waals surface area contributed by atoms with Crippen molar-refractivity contribution in [3.63, 3.8) is 0 Å². The van der Waals surface area contributed by atoms with Crippen LogP contribution in [0.3, 0.4) is 0 Å². The highest BCUT2D eigenvalue weighted by Gasteiger charge is 2.27. The number of unbranched alkanes of at least 4 members (excludes halogenated alkanes) is 1. The van der Waals surface area contributed by atoms with E-state index >= 15 is 0 Å². The summed E-state index contributed by atoms with van der Waals surface area (Å²) in [5, 5.41) is 25.1. The number of rotatable bonds is 16. The van der Waals surface area contributed by atoms with Gasteiger partial charge in [-0.25, -0.2) is 4.79 Å². The number of carbonyl (C=O) groups excluding carboxylic acids is 3. The summed E-state index contributed by atoms with van der Waals surface area (Å²) in [5.74, 6) is -4.61. The molecule has 4 atom stereocenters. The van der Waals surface area contributed by atoms with E-state index in [4.69, 9.17) is 16.6 Å². The molecule has 0 saturated heterocycles. The van der Waals surface area contributed by atoms with E-state index in [0.717, 1.165) is 0 Å². The second-order valence-electron chi connectivity index (χ2n) is 7.37. The Balaban J connectivity index is 4.89. The van der Waals surface area contributed by atoms with Crippen LogP contribution >= 0.6 is 0 Å². The van der Waals surface area contributed by atoms with Crippen LogP contribution in [0.5, 0.6) is 0 Å². The maximum absolute atomic E-state index is 12.4. The van der Waals surface area contributed by atoms with E-state index in [9.17, 15) is 29.1 Å². The van der Waals surface area contributed by atoms with Gasteiger partial charge in [-0.05, 0) is 38.1 Å². The molecule has 0 aliphatic carbocycles. The van der Waals surface area contributed by atoms with Gasteiger partial charge in [0.05, 0.1) is 12.6 Å². The monoisotopic (exact) mass is 445 g/mol. The second-order valence-corrected chi connectivity index (χ2v) is 7.37. The first-order valence-electron chi connectivity index (χ1n) is 10.3. The molecule has 178 valence electrons. The molecule has 0 aromatic heterocycles. The van der Waals surface area contributed by atoms with Gasteiger partial charge >= 0.3 is 11.9 Å². The average molecular weight is 446 g/mol. The van der Waals surface area contributed by atoms with Gasteiger partial charge in [0.15, 0.2) is 0 Å². The number of carbonyl (C=O) groups is 5. The lowest BCUT2D eigenvalue weighted by Gasteiger charge is -2.23. The minimum Gasteiger partial charge on any atom is -0.481 e. The van der Waals surface area contributed by atoms with Crippen molar-refractivity contribution in [1.29, 1.82) is 0 Å². The predicted octanol–water partition coefficient (Wildman–Crippen LogP) is -1.48. The maximum Gasteiger partial charge on any atom is 0.326 e. The first-order chi connectivity index (χ1) is 14.5. The van der Waals surface area contributed by atoms with Crippen LogP contribution in [0.25, 0.3) is 0 Å². The van der Waals surface area contributed by atoms with E-state index in [0.29, 0.717) is 25.8 Å². The van der Waals surface area contributed by atoms with Crippen molar-refractivity contribution in [2.45, 2.75) is 70.5 Å².